The fourth-order valence-corrected chi connectivity index (χ4v) is 2.82. The zero-order chi connectivity index (χ0) is 15.2. The van der Waals surface area contributed by atoms with Crippen molar-refractivity contribution >= 4 is 34.1 Å². The van der Waals surface area contributed by atoms with Gasteiger partial charge in [0, 0.05) is 24.4 Å². The zero-order valence-corrected chi connectivity index (χ0v) is 12.1. The number of carbonyl (C=O) groups excluding carboxylic acids is 2. The van der Waals surface area contributed by atoms with Gasteiger partial charge >= 0.3 is 0 Å². The van der Waals surface area contributed by atoms with Crippen LogP contribution in [0.3, 0.4) is 0 Å². The Labute approximate surface area is 122 Å². The minimum Gasteiger partial charge on any atom is -0.397 e. The number of nitrogens with zero attached hydrogens (tertiary/aromatic N) is 2. The van der Waals surface area contributed by atoms with E-state index < -0.39 is 0 Å². The molecule has 3 rings (SSSR count). The third kappa shape index (κ3) is 2.24. The van der Waals surface area contributed by atoms with Crippen molar-refractivity contribution in [3.8, 4) is 0 Å². The molecule has 0 spiro atoms. The van der Waals surface area contributed by atoms with Crippen LogP contribution in [0.2, 0.25) is 0 Å². The summed E-state index contributed by atoms with van der Waals surface area (Å²) in [5, 5.41) is 0.721. The van der Waals surface area contributed by atoms with Crippen LogP contribution < -0.4 is 10.6 Å². The van der Waals surface area contributed by atoms with E-state index in [4.69, 9.17) is 5.73 Å². The van der Waals surface area contributed by atoms with E-state index >= 15 is 0 Å². The van der Waals surface area contributed by atoms with Crippen LogP contribution >= 0.6 is 0 Å². The molecule has 1 aliphatic heterocycles. The maximum Gasteiger partial charge on any atom is 0.234 e. The van der Waals surface area contributed by atoms with E-state index in [1.807, 2.05) is 19.9 Å². The van der Waals surface area contributed by atoms with Crippen LogP contribution in [0.4, 0.5) is 11.4 Å². The normalized spacial score (nSPS) is 18.3. The molecule has 1 saturated heterocycles. The van der Waals surface area contributed by atoms with E-state index in [-0.39, 0.29) is 17.2 Å². The Morgan fingerprint density at radius 1 is 1.14 bits per heavy atom. The highest BCUT2D eigenvalue weighted by molar-refractivity contribution is 6.21. The number of amides is 2. The largest absolute Gasteiger partial charge is 0.397 e. The van der Waals surface area contributed by atoms with Gasteiger partial charge in [-0.25, -0.2) is 4.90 Å². The number of carbonyl (C=O) groups is 2. The fourth-order valence-electron chi connectivity index (χ4n) is 2.82. The van der Waals surface area contributed by atoms with Crippen molar-refractivity contribution in [2.75, 3.05) is 10.6 Å². The SMILES string of the molecule is CC1(C)CC(=O)N(c2ccc(N)c3ncccc23)C(=O)C1. The minimum atomic E-state index is -0.285. The highest BCUT2D eigenvalue weighted by atomic mass is 16.2. The van der Waals surface area contributed by atoms with Crippen LogP contribution in [0.1, 0.15) is 26.7 Å². The Hall–Kier alpha value is -2.43. The van der Waals surface area contributed by atoms with Crippen molar-refractivity contribution in [2.24, 2.45) is 5.41 Å². The fraction of sp³-hybridized carbons (Fsp3) is 0.312. The van der Waals surface area contributed by atoms with Crippen LogP contribution in [-0.2, 0) is 9.59 Å². The summed E-state index contributed by atoms with van der Waals surface area (Å²) in [4.78, 5) is 30.3. The number of imide groups is 1. The van der Waals surface area contributed by atoms with Gasteiger partial charge in [-0.05, 0) is 29.7 Å². The van der Waals surface area contributed by atoms with Gasteiger partial charge in [0.15, 0.2) is 0 Å². The lowest BCUT2D eigenvalue weighted by atomic mass is 9.81. The molecule has 2 aromatic rings. The van der Waals surface area contributed by atoms with Gasteiger partial charge in [0.2, 0.25) is 11.8 Å². The van der Waals surface area contributed by atoms with Crippen molar-refractivity contribution in [1.82, 2.24) is 4.98 Å². The Morgan fingerprint density at radius 3 is 2.48 bits per heavy atom. The Kier molecular flexibility index (Phi) is 2.93. The molecule has 0 aliphatic carbocycles. The van der Waals surface area contributed by atoms with Gasteiger partial charge in [0.05, 0.1) is 16.9 Å². The summed E-state index contributed by atoms with van der Waals surface area (Å²) in [6.07, 6.45) is 2.35. The van der Waals surface area contributed by atoms with Gasteiger partial charge in [0.1, 0.15) is 0 Å². The second-order valence-electron chi connectivity index (χ2n) is 6.21. The molecule has 2 amide bonds. The van der Waals surface area contributed by atoms with Crippen molar-refractivity contribution in [2.45, 2.75) is 26.7 Å². The maximum absolute atomic E-state index is 12.4. The van der Waals surface area contributed by atoms with Gasteiger partial charge in [-0.3, -0.25) is 14.6 Å². The minimum absolute atomic E-state index is 0.175. The smallest absolute Gasteiger partial charge is 0.234 e. The molecular weight excluding hydrogens is 266 g/mol. The number of nitrogens with two attached hydrogens (primary N) is 1. The van der Waals surface area contributed by atoms with Gasteiger partial charge < -0.3 is 5.73 Å². The Balaban J connectivity index is 2.15. The number of pyridine rings is 1. The molecule has 0 radical (unpaired) electrons. The number of fused-ring (bicyclic) bond motifs is 1. The van der Waals surface area contributed by atoms with Crippen LogP contribution in [0, 0.1) is 5.41 Å². The molecular formula is C16H17N3O2. The summed E-state index contributed by atoms with van der Waals surface area (Å²) in [7, 11) is 0. The highest BCUT2D eigenvalue weighted by Gasteiger charge is 2.38. The van der Waals surface area contributed by atoms with Gasteiger partial charge in [-0.15, -0.1) is 0 Å². The molecule has 1 aromatic heterocycles. The topological polar surface area (TPSA) is 76.3 Å². The Morgan fingerprint density at radius 2 is 1.81 bits per heavy atom. The number of hydrogen-bond acceptors (Lipinski definition) is 4. The lowest BCUT2D eigenvalue weighted by Crippen LogP contribution is -2.46. The highest BCUT2D eigenvalue weighted by Crippen LogP contribution is 2.37. The van der Waals surface area contributed by atoms with Crippen LogP contribution in [0.15, 0.2) is 30.5 Å². The number of hydrogen-bond donors (Lipinski definition) is 1. The van der Waals surface area contributed by atoms with E-state index in [2.05, 4.69) is 4.98 Å². The summed E-state index contributed by atoms with van der Waals surface area (Å²) in [6.45, 7) is 3.87. The average Bonchev–Trinajstić information content (AvgIpc) is 2.39. The average molecular weight is 283 g/mol. The summed E-state index contributed by atoms with van der Waals surface area (Å²) in [5.74, 6) is -0.350. The molecule has 1 fully saturated rings. The number of anilines is 2. The lowest BCUT2D eigenvalue weighted by molar-refractivity contribution is -0.132. The van der Waals surface area contributed by atoms with Crippen LogP contribution in [-0.4, -0.2) is 16.8 Å². The van der Waals surface area contributed by atoms with E-state index in [0.717, 1.165) is 5.39 Å². The summed E-state index contributed by atoms with van der Waals surface area (Å²) in [6, 6.07) is 7.00. The molecule has 5 heteroatoms. The molecule has 1 aliphatic rings. The first-order valence-corrected chi connectivity index (χ1v) is 6.88. The first-order chi connectivity index (χ1) is 9.89. The molecule has 0 unspecified atom stereocenters. The number of nitrogen functional groups attached to an aromatic ring is 1. The number of benzene rings is 1. The predicted molar refractivity (Wildman–Crippen MR) is 81.7 cm³/mol. The standard InChI is InChI=1S/C16H17N3O2/c1-16(2)8-13(20)19(14(21)9-16)12-6-5-11(17)15-10(12)4-3-7-18-15/h3-7H,8-9,17H2,1-2H3. The summed E-state index contributed by atoms with van der Waals surface area (Å²) < 4.78 is 0. The van der Waals surface area contributed by atoms with Crippen molar-refractivity contribution < 1.29 is 9.59 Å². The molecule has 108 valence electrons. The molecule has 1 aromatic carbocycles. The Bertz CT molecular complexity index is 732. The number of aromatic nitrogens is 1. The van der Waals surface area contributed by atoms with Gasteiger partial charge in [-0.1, -0.05) is 13.8 Å². The van der Waals surface area contributed by atoms with Crippen molar-refractivity contribution in [3.05, 3.63) is 30.5 Å². The van der Waals surface area contributed by atoms with E-state index in [1.165, 1.54) is 4.90 Å². The summed E-state index contributed by atoms with van der Waals surface area (Å²) in [5.41, 5.74) is 7.34. The molecule has 21 heavy (non-hydrogen) atoms. The predicted octanol–water partition coefficient (Wildman–Crippen LogP) is 2.50. The van der Waals surface area contributed by atoms with Crippen LogP contribution in [0.5, 0.6) is 0 Å². The molecule has 2 heterocycles. The van der Waals surface area contributed by atoms with Crippen LogP contribution in [0.25, 0.3) is 10.9 Å². The maximum atomic E-state index is 12.4. The van der Waals surface area contributed by atoms with Gasteiger partial charge in [-0.2, -0.15) is 0 Å². The van der Waals surface area contributed by atoms with Gasteiger partial charge in [0.25, 0.3) is 0 Å². The zero-order valence-electron chi connectivity index (χ0n) is 12.1. The van der Waals surface area contributed by atoms with E-state index in [0.29, 0.717) is 29.7 Å². The molecule has 5 nitrogen and oxygen atoms in total. The molecule has 0 atom stereocenters. The quantitative estimate of drug-likeness (QED) is 0.644. The molecule has 0 saturated carbocycles. The first kappa shape index (κ1) is 13.5. The number of rotatable bonds is 1. The monoisotopic (exact) mass is 283 g/mol. The van der Waals surface area contributed by atoms with E-state index in [9.17, 15) is 9.59 Å². The van der Waals surface area contributed by atoms with Crippen molar-refractivity contribution in [3.63, 3.8) is 0 Å². The second-order valence-corrected chi connectivity index (χ2v) is 6.21. The first-order valence-electron chi connectivity index (χ1n) is 6.88. The third-order valence-corrected chi connectivity index (χ3v) is 3.78. The summed E-state index contributed by atoms with van der Waals surface area (Å²) >= 11 is 0. The lowest BCUT2D eigenvalue weighted by Gasteiger charge is -2.35. The van der Waals surface area contributed by atoms with E-state index in [1.54, 1.807) is 24.4 Å². The van der Waals surface area contributed by atoms with Crippen molar-refractivity contribution in [1.29, 1.82) is 0 Å². The molecule has 0 bridgehead atoms. The number of piperidine rings is 1. The molecule has 2 N–H and O–H groups in total. The third-order valence-electron chi connectivity index (χ3n) is 3.78. The second kappa shape index (κ2) is 4.55.